The van der Waals surface area contributed by atoms with Crippen LogP contribution in [0.25, 0.3) is 0 Å². The Labute approximate surface area is 148 Å². The van der Waals surface area contributed by atoms with E-state index in [2.05, 4.69) is 10.6 Å². The molecule has 2 N–H and O–H groups in total. The molecule has 0 unspecified atom stereocenters. The summed E-state index contributed by atoms with van der Waals surface area (Å²) >= 11 is 0. The van der Waals surface area contributed by atoms with Gasteiger partial charge in [-0.15, -0.1) is 0 Å². The zero-order chi connectivity index (χ0) is 18.1. The van der Waals surface area contributed by atoms with Crippen LogP contribution in [0.3, 0.4) is 0 Å². The van der Waals surface area contributed by atoms with Crippen LogP contribution in [0.1, 0.15) is 12.5 Å². The van der Waals surface area contributed by atoms with E-state index in [1.165, 1.54) is 0 Å². The van der Waals surface area contributed by atoms with Crippen molar-refractivity contribution in [3.05, 3.63) is 65.9 Å². The highest BCUT2D eigenvalue weighted by atomic mass is 16.5. The van der Waals surface area contributed by atoms with Crippen LogP contribution in [0.15, 0.2) is 60.3 Å². The summed E-state index contributed by atoms with van der Waals surface area (Å²) in [4.78, 5) is 12.0. The third-order valence-corrected chi connectivity index (χ3v) is 3.65. The normalized spacial score (nSPS) is 10.9. The molecule has 2 aromatic rings. The van der Waals surface area contributed by atoms with Crippen LogP contribution >= 0.6 is 0 Å². The molecule has 0 aromatic heterocycles. The maximum Gasteiger partial charge on any atom is 0.250 e. The van der Waals surface area contributed by atoms with Gasteiger partial charge in [0.2, 0.25) is 5.91 Å². The van der Waals surface area contributed by atoms with Crippen LogP contribution in [0.4, 0.5) is 5.69 Å². The van der Waals surface area contributed by atoms with Gasteiger partial charge >= 0.3 is 0 Å². The minimum Gasteiger partial charge on any atom is -0.493 e. The zero-order valence-electron chi connectivity index (χ0n) is 14.8. The van der Waals surface area contributed by atoms with E-state index in [9.17, 15) is 4.79 Å². The standard InChI is InChI=1S/C20H24N2O3/c1-15(13-20(23)22-17-7-5-4-6-8-17)21-12-11-16-9-10-18(24-2)19(14-16)25-3/h4-10,13-14,21H,11-12H2,1-3H3,(H,22,23)/b15-13-. The molecule has 1 amide bonds. The summed E-state index contributed by atoms with van der Waals surface area (Å²) in [5, 5.41) is 6.06. The Hall–Kier alpha value is -2.95. The van der Waals surface area contributed by atoms with Crippen molar-refractivity contribution in [1.29, 1.82) is 0 Å². The summed E-state index contributed by atoms with van der Waals surface area (Å²) in [7, 11) is 3.24. The molecule has 0 aliphatic carbocycles. The Kier molecular flexibility index (Phi) is 6.89. The zero-order valence-corrected chi connectivity index (χ0v) is 14.8. The van der Waals surface area contributed by atoms with Gasteiger partial charge in [0.1, 0.15) is 0 Å². The average Bonchev–Trinajstić information content (AvgIpc) is 2.62. The molecule has 0 atom stereocenters. The van der Waals surface area contributed by atoms with Gasteiger partial charge in [0.15, 0.2) is 11.5 Å². The molecule has 0 saturated carbocycles. The Bertz CT molecular complexity index is 727. The average molecular weight is 340 g/mol. The van der Waals surface area contributed by atoms with E-state index in [4.69, 9.17) is 9.47 Å². The summed E-state index contributed by atoms with van der Waals surface area (Å²) in [5.41, 5.74) is 2.72. The first-order valence-electron chi connectivity index (χ1n) is 8.11. The molecule has 0 heterocycles. The second kappa shape index (κ2) is 9.37. The first-order valence-corrected chi connectivity index (χ1v) is 8.11. The second-order valence-electron chi connectivity index (χ2n) is 5.55. The van der Waals surface area contributed by atoms with Gasteiger partial charge in [0.05, 0.1) is 14.2 Å². The third-order valence-electron chi connectivity index (χ3n) is 3.65. The molecule has 0 spiro atoms. The predicted octanol–water partition coefficient (Wildman–Crippen LogP) is 3.38. The molecule has 2 rings (SSSR count). The lowest BCUT2D eigenvalue weighted by atomic mass is 10.1. The summed E-state index contributed by atoms with van der Waals surface area (Å²) in [6.45, 7) is 2.59. The first-order chi connectivity index (χ1) is 12.1. The minimum absolute atomic E-state index is 0.151. The topological polar surface area (TPSA) is 59.6 Å². The fourth-order valence-electron chi connectivity index (χ4n) is 2.39. The van der Waals surface area contributed by atoms with E-state index >= 15 is 0 Å². The van der Waals surface area contributed by atoms with Crippen LogP contribution in [0.5, 0.6) is 11.5 Å². The highest BCUT2D eigenvalue weighted by Gasteiger charge is 2.04. The van der Waals surface area contributed by atoms with Gasteiger partial charge < -0.3 is 20.1 Å². The molecule has 2 aromatic carbocycles. The van der Waals surface area contributed by atoms with Crippen molar-refractivity contribution in [3.8, 4) is 11.5 Å². The predicted molar refractivity (Wildman–Crippen MR) is 100 cm³/mol. The third kappa shape index (κ3) is 5.88. The van der Waals surface area contributed by atoms with E-state index in [0.29, 0.717) is 5.75 Å². The number of ether oxygens (including phenoxy) is 2. The summed E-state index contributed by atoms with van der Waals surface area (Å²) in [6.07, 6.45) is 2.37. The lowest BCUT2D eigenvalue weighted by molar-refractivity contribution is -0.112. The van der Waals surface area contributed by atoms with Crippen LogP contribution < -0.4 is 20.1 Å². The number of rotatable bonds is 8. The molecule has 0 fully saturated rings. The lowest BCUT2D eigenvalue weighted by Crippen LogP contribution is -2.18. The van der Waals surface area contributed by atoms with E-state index in [0.717, 1.165) is 35.7 Å². The number of amides is 1. The number of hydrogen-bond donors (Lipinski definition) is 2. The Balaban J connectivity index is 1.83. The van der Waals surface area contributed by atoms with Gasteiger partial charge in [-0.1, -0.05) is 24.3 Å². The fourth-order valence-corrected chi connectivity index (χ4v) is 2.39. The molecule has 0 aliphatic rings. The summed E-state index contributed by atoms with van der Waals surface area (Å²) in [5.74, 6) is 1.28. The van der Waals surface area contributed by atoms with Crippen molar-refractivity contribution in [2.24, 2.45) is 0 Å². The van der Waals surface area contributed by atoms with Gasteiger partial charge in [-0.05, 0) is 43.2 Å². The molecule has 0 saturated heterocycles. The van der Waals surface area contributed by atoms with Gasteiger partial charge in [-0.2, -0.15) is 0 Å². The van der Waals surface area contributed by atoms with Crippen molar-refractivity contribution in [2.75, 3.05) is 26.1 Å². The highest BCUT2D eigenvalue weighted by Crippen LogP contribution is 2.27. The molecule has 132 valence electrons. The number of carbonyl (C=O) groups is 1. The second-order valence-corrected chi connectivity index (χ2v) is 5.55. The van der Waals surface area contributed by atoms with Crippen molar-refractivity contribution in [3.63, 3.8) is 0 Å². The number of benzene rings is 2. The maximum absolute atomic E-state index is 12.0. The molecular formula is C20H24N2O3. The molecule has 5 heteroatoms. The molecule has 0 bridgehead atoms. The van der Waals surface area contributed by atoms with Crippen LogP contribution in [-0.4, -0.2) is 26.7 Å². The summed E-state index contributed by atoms with van der Waals surface area (Å²) < 4.78 is 10.5. The Morgan fingerprint density at radius 3 is 2.44 bits per heavy atom. The fraction of sp³-hybridized carbons (Fsp3) is 0.250. The van der Waals surface area contributed by atoms with Crippen molar-refractivity contribution in [2.45, 2.75) is 13.3 Å². The number of methoxy groups -OCH3 is 2. The van der Waals surface area contributed by atoms with Gasteiger partial charge in [-0.3, -0.25) is 4.79 Å². The Morgan fingerprint density at radius 2 is 1.76 bits per heavy atom. The van der Waals surface area contributed by atoms with Crippen molar-refractivity contribution < 1.29 is 14.3 Å². The van der Waals surface area contributed by atoms with E-state index in [1.54, 1.807) is 20.3 Å². The number of hydrogen-bond acceptors (Lipinski definition) is 4. The van der Waals surface area contributed by atoms with Crippen LogP contribution in [0, 0.1) is 0 Å². The quantitative estimate of drug-likeness (QED) is 0.723. The van der Waals surface area contributed by atoms with Gasteiger partial charge in [0.25, 0.3) is 0 Å². The van der Waals surface area contributed by atoms with Gasteiger partial charge in [0, 0.05) is 24.0 Å². The minimum atomic E-state index is -0.151. The molecule has 0 radical (unpaired) electrons. The maximum atomic E-state index is 12.0. The highest BCUT2D eigenvalue weighted by molar-refractivity contribution is 5.99. The smallest absolute Gasteiger partial charge is 0.250 e. The van der Waals surface area contributed by atoms with Gasteiger partial charge in [-0.25, -0.2) is 0 Å². The molecule has 25 heavy (non-hydrogen) atoms. The first kappa shape index (κ1) is 18.4. The number of para-hydroxylation sites is 1. The number of anilines is 1. The largest absolute Gasteiger partial charge is 0.493 e. The molecule has 0 aliphatic heterocycles. The number of allylic oxidation sites excluding steroid dienone is 1. The lowest BCUT2D eigenvalue weighted by Gasteiger charge is -2.11. The van der Waals surface area contributed by atoms with Crippen molar-refractivity contribution in [1.82, 2.24) is 5.32 Å². The Morgan fingerprint density at radius 1 is 1.04 bits per heavy atom. The summed E-state index contributed by atoms with van der Waals surface area (Å²) in [6, 6.07) is 15.2. The SMILES string of the molecule is COc1ccc(CCN/C(C)=C\C(=O)Nc2ccccc2)cc1OC. The number of nitrogens with one attached hydrogen (secondary N) is 2. The monoisotopic (exact) mass is 340 g/mol. The van der Waals surface area contributed by atoms with E-state index in [-0.39, 0.29) is 5.91 Å². The molecule has 5 nitrogen and oxygen atoms in total. The number of carbonyl (C=O) groups excluding carboxylic acids is 1. The van der Waals surface area contributed by atoms with E-state index in [1.807, 2.05) is 55.5 Å². The van der Waals surface area contributed by atoms with Crippen molar-refractivity contribution >= 4 is 11.6 Å². The molecular weight excluding hydrogens is 316 g/mol. The van der Waals surface area contributed by atoms with Crippen LogP contribution in [-0.2, 0) is 11.2 Å². The van der Waals surface area contributed by atoms with Crippen LogP contribution in [0.2, 0.25) is 0 Å². The van der Waals surface area contributed by atoms with E-state index < -0.39 is 0 Å².